The molecule has 0 N–H and O–H groups in total. The number of fused-ring (bicyclic) bond motifs is 7. The third-order valence-electron chi connectivity index (χ3n) is 8.94. The number of nitrogens with zero attached hydrogens (tertiary/aromatic N) is 5. The summed E-state index contributed by atoms with van der Waals surface area (Å²) in [5.74, 6) is 1.88. The Labute approximate surface area is 266 Å². The van der Waals surface area contributed by atoms with E-state index in [2.05, 4.69) is 125 Å². The van der Waals surface area contributed by atoms with Crippen molar-refractivity contribution in [3.8, 4) is 34.4 Å². The van der Waals surface area contributed by atoms with E-state index in [1.807, 2.05) is 36.4 Å². The van der Waals surface area contributed by atoms with Crippen LogP contribution < -0.4 is 0 Å². The van der Waals surface area contributed by atoms with Crippen LogP contribution in [0.2, 0.25) is 0 Å². The highest BCUT2D eigenvalue weighted by molar-refractivity contribution is 6.24. The van der Waals surface area contributed by atoms with E-state index in [9.17, 15) is 0 Å². The number of aryl methyl sites for hydroxylation is 1. The van der Waals surface area contributed by atoms with Crippen LogP contribution in [-0.4, -0.2) is 24.1 Å². The van der Waals surface area contributed by atoms with Gasteiger partial charge in [-0.3, -0.25) is 4.57 Å². The highest BCUT2D eigenvalue weighted by Gasteiger charge is 2.25. The number of rotatable bonds is 5. The molecule has 0 amide bonds. The summed E-state index contributed by atoms with van der Waals surface area (Å²) in [5, 5.41) is 4.85. The zero-order valence-corrected chi connectivity index (χ0v) is 25.3. The first-order valence-corrected chi connectivity index (χ1v) is 15.7. The largest absolute Gasteiger partial charge is 0.307 e. The number of benzene rings is 6. The predicted octanol–water partition coefficient (Wildman–Crippen LogP) is 9.96. The molecule has 0 aliphatic carbocycles. The molecule has 0 unspecified atom stereocenters. The van der Waals surface area contributed by atoms with Crippen LogP contribution in [0.4, 0.5) is 0 Å². The van der Waals surface area contributed by atoms with Crippen LogP contribution in [-0.2, 0) is 6.42 Å². The molecule has 0 fully saturated rings. The smallest absolute Gasteiger partial charge is 0.238 e. The number of hydrogen-bond acceptors (Lipinski definition) is 3. The standard InChI is InChI=1S/C41H29N5/c1-2-27-26-33-31-22-12-14-24-34(31)45(30-20-10-5-11-21-30)37(33)38-36(27)32-23-13-15-25-35(32)46(38)41-43-39(28-16-6-3-7-17-28)42-40(44-41)29-18-8-4-9-19-29/h3-26H,2H2,1H3. The summed E-state index contributed by atoms with van der Waals surface area (Å²) in [6.07, 6.45) is 0.896. The van der Waals surface area contributed by atoms with Gasteiger partial charge in [0.25, 0.3) is 0 Å². The van der Waals surface area contributed by atoms with Gasteiger partial charge in [0.2, 0.25) is 5.95 Å². The van der Waals surface area contributed by atoms with E-state index >= 15 is 0 Å². The number of aromatic nitrogens is 5. The summed E-state index contributed by atoms with van der Waals surface area (Å²) in [5.41, 5.74) is 8.77. The third-order valence-corrected chi connectivity index (χ3v) is 8.94. The minimum absolute atomic E-state index is 0.596. The monoisotopic (exact) mass is 591 g/mol. The summed E-state index contributed by atoms with van der Waals surface area (Å²) in [6.45, 7) is 2.24. The normalized spacial score (nSPS) is 11.7. The van der Waals surface area contributed by atoms with Crippen molar-refractivity contribution in [1.82, 2.24) is 24.1 Å². The molecule has 6 aromatic carbocycles. The molecule has 46 heavy (non-hydrogen) atoms. The maximum atomic E-state index is 5.22. The Morgan fingerprint density at radius 1 is 0.478 bits per heavy atom. The van der Waals surface area contributed by atoms with Gasteiger partial charge in [-0.25, -0.2) is 4.98 Å². The lowest BCUT2D eigenvalue weighted by Gasteiger charge is -2.14. The fourth-order valence-electron chi connectivity index (χ4n) is 6.91. The lowest BCUT2D eigenvalue weighted by molar-refractivity contribution is 0.953. The molecule has 0 saturated heterocycles. The van der Waals surface area contributed by atoms with E-state index in [0.717, 1.165) is 39.8 Å². The molecule has 9 aromatic rings. The van der Waals surface area contributed by atoms with Crippen LogP contribution >= 0.6 is 0 Å². The van der Waals surface area contributed by atoms with Crippen molar-refractivity contribution in [1.29, 1.82) is 0 Å². The van der Waals surface area contributed by atoms with Crippen LogP contribution in [0.3, 0.4) is 0 Å². The molecule has 5 heteroatoms. The van der Waals surface area contributed by atoms with Gasteiger partial charge in [-0.05, 0) is 42.3 Å². The predicted molar refractivity (Wildman–Crippen MR) is 189 cm³/mol. The second-order valence-electron chi connectivity index (χ2n) is 11.6. The van der Waals surface area contributed by atoms with Crippen LogP contribution in [0.5, 0.6) is 0 Å². The summed E-state index contributed by atoms with van der Waals surface area (Å²) in [7, 11) is 0. The fraction of sp³-hybridized carbons (Fsp3) is 0.0488. The first kappa shape index (κ1) is 26.3. The maximum absolute atomic E-state index is 5.22. The molecule has 5 nitrogen and oxygen atoms in total. The van der Waals surface area contributed by atoms with E-state index < -0.39 is 0 Å². The van der Waals surface area contributed by atoms with Crippen molar-refractivity contribution in [2.45, 2.75) is 13.3 Å². The Kier molecular flexibility index (Phi) is 6.03. The molecule has 0 saturated carbocycles. The molecule has 0 spiro atoms. The second-order valence-corrected chi connectivity index (χ2v) is 11.6. The van der Waals surface area contributed by atoms with Gasteiger partial charge in [-0.1, -0.05) is 122 Å². The van der Waals surface area contributed by atoms with Crippen molar-refractivity contribution in [2.24, 2.45) is 0 Å². The highest BCUT2D eigenvalue weighted by atomic mass is 15.2. The second kappa shape index (κ2) is 10.5. The maximum Gasteiger partial charge on any atom is 0.238 e. The SMILES string of the molecule is CCc1cc2c3ccccc3n(-c3ccccc3)c2c2c1c1ccccc1n2-c1nc(-c2ccccc2)nc(-c2ccccc2)n1. The molecule has 0 bridgehead atoms. The van der Waals surface area contributed by atoms with E-state index in [4.69, 9.17) is 15.0 Å². The van der Waals surface area contributed by atoms with Gasteiger partial charge < -0.3 is 4.57 Å². The first-order chi connectivity index (χ1) is 22.8. The zero-order chi connectivity index (χ0) is 30.6. The van der Waals surface area contributed by atoms with Crippen LogP contribution in [0.25, 0.3) is 78.0 Å². The summed E-state index contributed by atoms with van der Waals surface area (Å²) in [6, 6.07) is 50.7. The quantitative estimate of drug-likeness (QED) is 0.200. The van der Waals surface area contributed by atoms with Gasteiger partial charge in [-0.2, -0.15) is 9.97 Å². The Bertz CT molecular complexity index is 2490. The van der Waals surface area contributed by atoms with E-state index in [1.165, 1.54) is 32.6 Å². The number of hydrogen-bond donors (Lipinski definition) is 0. The van der Waals surface area contributed by atoms with E-state index in [0.29, 0.717) is 17.6 Å². The summed E-state index contributed by atoms with van der Waals surface area (Å²) < 4.78 is 4.67. The minimum atomic E-state index is 0.596. The molecule has 0 aliphatic rings. The van der Waals surface area contributed by atoms with Crippen LogP contribution in [0.1, 0.15) is 12.5 Å². The van der Waals surface area contributed by atoms with Crippen molar-refractivity contribution in [2.75, 3.05) is 0 Å². The van der Waals surface area contributed by atoms with Crippen molar-refractivity contribution in [3.05, 3.63) is 151 Å². The zero-order valence-electron chi connectivity index (χ0n) is 25.3. The average molecular weight is 592 g/mol. The van der Waals surface area contributed by atoms with E-state index in [-0.39, 0.29) is 0 Å². The van der Waals surface area contributed by atoms with E-state index in [1.54, 1.807) is 0 Å². The Morgan fingerprint density at radius 2 is 1.00 bits per heavy atom. The first-order valence-electron chi connectivity index (χ1n) is 15.7. The van der Waals surface area contributed by atoms with Gasteiger partial charge in [-0.15, -0.1) is 0 Å². The topological polar surface area (TPSA) is 48.5 Å². The highest BCUT2D eigenvalue weighted by Crippen LogP contribution is 2.43. The van der Waals surface area contributed by atoms with Gasteiger partial charge in [0, 0.05) is 38.4 Å². The average Bonchev–Trinajstić information content (AvgIpc) is 3.66. The molecule has 9 rings (SSSR count). The van der Waals surface area contributed by atoms with Gasteiger partial charge in [0.05, 0.1) is 22.1 Å². The van der Waals surface area contributed by atoms with Gasteiger partial charge in [0.15, 0.2) is 11.6 Å². The Hall–Kier alpha value is -6.07. The molecular weight excluding hydrogens is 562 g/mol. The Morgan fingerprint density at radius 3 is 1.61 bits per heavy atom. The fourth-order valence-corrected chi connectivity index (χ4v) is 6.91. The molecule has 3 aromatic heterocycles. The Balaban J connectivity index is 1.51. The van der Waals surface area contributed by atoms with Crippen molar-refractivity contribution in [3.63, 3.8) is 0 Å². The summed E-state index contributed by atoms with van der Waals surface area (Å²) in [4.78, 5) is 15.4. The molecule has 0 radical (unpaired) electrons. The van der Waals surface area contributed by atoms with Crippen LogP contribution in [0.15, 0.2) is 146 Å². The van der Waals surface area contributed by atoms with Gasteiger partial charge in [0.1, 0.15) is 0 Å². The number of para-hydroxylation sites is 3. The molecule has 0 aliphatic heterocycles. The van der Waals surface area contributed by atoms with Crippen LogP contribution in [0, 0.1) is 0 Å². The lowest BCUT2D eigenvalue weighted by atomic mass is 10.0. The lowest BCUT2D eigenvalue weighted by Crippen LogP contribution is -2.07. The molecule has 3 heterocycles. The molecular formula is C41H29N5. The molecule has 218 valence electrons. The van der Waals surface area contributed by atoms with Crippen molar-refractivity contribution < 1.29 is 0 Å². The third kappa shape index (κ3) is 3.99. The van der Waals surface area contributed by atoms with Crippen molar-refractivity contribution >= 4 is 43.6 Å². The van der Waals surface area contributed by atoms with Gasteiger partial charge >= 0.3 is 0 Å². The minimum Gasteiger partial charge on any atom is -0.307 e. The summed E-state index contributed by atoms with van der Waals surface area (Å²) >= 11 is 0. The molecule has 0 atom stereocenters.